The fourth-order valence-electron chi connectivity index (χ4n) is 6.98. The van der Waals surface area contributed by atoms with Crippen LogP contribution in [0.5, 0.6) is 11.5 Å². The van der Waals surface area contributed by atoms with Gasteiger partial charge in [-0.1, -0.05) is 32.8 Å². The molecule has 9 nitrogen and oxygen atoms in total. The van der Waals surface area contributed by atoms with E-state index in [0.717, 1.165) is 37.7 Å². The Labute approximate surface area is 252 Å². The van der Waals surface area contributed by atoms with Crippen LogP contribution in [0.2, 0.25) is 0 Å². The van der Waals surface area contributed by atoms with Crippen LogP contribution < -0.4 is 14.4 Å². The highest BCUT2D eigenvalue weighted by Gasteiger charge is 2.49. The van der Waals surface area contributed by atoms with Crippen LogP contribution >= 0.6 is 0 Å². The van der Waals surface area contributed by atoms with Crippen LogP contribution in [0.15, 0.2) is 36.4 Å². The number of halogens is 1. The second-order valence-corrected chi connectivity index (χ2v) is 12.0. The molecule has 3 unspecified atom stereocenters. The van der Waals surface area contributed by atoms with Gasteiger partial charge in [-0.3, -0.25) is 19.3 Å². The van der Waals surface area contributed by atoms with Gasteiger partial charge in [0.25, 0.3) is 0 Å². The lowest BCUT2D eigenvalue weighted by atomic mass is 9.85. The molecular formula is C33H42FN3O6. The van der Waals surface area contributed by atoms with Crippen molar-refractivity contribution in [1.82, 2.24) is 9.80 Å². The number of fused-ring (bicyclic) bond motifs is 1. The molecular weight excluding hydrogens is 553 g/mol. The minimum Gasteiger partial charge on any atom is -0.481 e. The topological polar surface area (TPSA) is 99.6 Å². The number of likely N-dealkylation sites (tertiary alicyclic amines) is 2. The van der Waals surface area contributed by atoms with Crippen molar-refractivity contribution in [2.45, 2.75) is 77.3 Å². The van der Waals surface area contributed by atoms with Crippen molar-refractivity contribution in [3.05, 3.63) is 53.3 Å². The number of anilines is 1. The SMILES string of the molecule is CCCC(CCC)N(C(=O)CN1CC(c2ccc3c(c2)OCO3)C(C(=O)O)C1CN1CCCC1=O)c1ccc(F)c(C)c1. The molecule has 10 heteroatoms. The molecule has 1 N–H and O–H groups in total. The summed E-state index contributed by atoms with van der Waals surface area (Å²) >= 11 is 0. The van der Waals surface area contributed by atoms with Gasteiger partial charge in [-0.15, -0.1) is 0 Å². The lowest BCUT2D eigenvalue weighted by Crippen LogP contribution is -2.51. The van der Waals surface area contributed by atoms with Crippen LogP contribution in [-0.4, -0.2) is 77.7 Å². The van der Waals surface area contributed by atoms with Gasteiger partial charge in [0, 0.05) is 49.7 Å². The zero-order valence-corrected chi connectivity index (χ0v) is 25.3. The highest BCUT2D eigenvalue weighted by molar-refractivity contribution is 5.95. The van der Waals surface area contributed by atoms with E-state index >= 15 is 0 Å². The van der Waals surface area contributed by atoms with Gasteiger partial charge < -0.3 is 24.4 Å². The Morgan fingerprint density at radius 3 is 2.49 bits per heavy atom. The van der Waals surface area contributed by atoms with Gasteiger partial charge in [-0.05, 0) is 67.6 Å². The van der Waals surface area contributed by atoms with Crippen LogP contribution in [-0.2, 0) is 14.4 Å². The van der Waals surface area contributed by atoms with E-state index in [1.165, 1.54) is 6.07 Å². The highest BCUT2D eigenvalue weighted by Crippen LogP contribution is 2.42. The van der Waals surface area contributed by atoms with Crippen molar-refractivity contribution < 1.29 is 33.4 Å². The van der Waals surface area contributed by atoms with Gasteiger partial charge in [0.05, 0.1) is 12.5 Å². The number of rotatable bonds is 12. The van der Waals surface area contributed by atoms with Crippen molar-refractivity contribution in [2.24, 2.45) is 5.92 Å². The Hall–Kier alpha value is -3.66. The zero-order chi connectivity index (χ0) is 30.7. The number of hydrogen-bond donors (Lipinski definition) is 1. The van der Waals surface area contributed by atoms with Crippen LogP contribution in [0, 0.1) is 18.7 Å². The average molecular weight is 596 g/mol. The third kappa shape index (κ3) is 6.49. The second-order valence-electron chi connectivity index (χ2n) is 12.0. The van der Waals surface area contributed by atoms with Crippen molar-refractivity contribution in [3.8, 4) is 11.5 Å². The lowest BCUT2D eigenvalue weighted by molar-refractivity contribution is -0.144. The van der Waals surface area contributed by atoms with E-state index in [1.807, 2.05) is 17.0 Å². The van der Waals surface area contributed by atoms with E-state index in [-0.39, 0.29) is 43.6 Å². The van der Waals surface area contributed by atoms with E-state index in [0.29, 0.717) is 42.3 Å². The number of aryl methyl sites for hydroxylation is 1. The summed E-state index contributed by atoms with van der Waals surface area (Å²) < 4.78 is 25.3. The summed E-state index contributed by atoms with van der Waals surface area (Å²) in [5, 5.41) is 10.6. The number of aliphatic carboxylic acids is 1. The van der Waals surface area contributed by atoms with Crippen LogP contribution in [0.25, 0.3) is 0 Å². The zero-order valence-electron chi connectivity index (χ0n) is 25.3. The predicted molar refractivity (Wildman–Crippen MR) is 160 cm³/mol. The summed E-state index contributed by atoms with van der Waals surface area (Å²) in [6.07, 6.45) is 4.53. The minimum atomic E-state index is -0.963. The molecule has 2 fully saturated rings. The standard InChI is InChI=1S/C33H42FN3O6/c1-4-7-23(8-5-2)37(24-11-12-26(34)21(3)15-24)31(39)19-36-17-25(22-10-13-28-29(16-22)43-20-42-28)32(33(40)41)27(36)18-35-14-6-9-30(35)38/h10-13,15-16,23,25,27,32H,4-9,14,17-20H2,1-3H3,(H,40,41). The van der Waals surface area contributed by atoms with Gasteiger partial charge in [0.2, 0.25) is 18.6 Å². The molecule has 3 heterocycles. The smallest absolute Gasteiger partial charge is 0.308 e. The summed E-state index contributed by atoms with van der Waals surface area (Å²) in [6, 6.07) is 9.61. The predicted octanol–water partition coefficient (Wildman–Crippen LogP) is 4.96. The first kappa shape index (κ1) is 30.8. The highest BCUT2D eigenvalue weighted by atomic mass is 19.1. The molecule has 0 bridgehead atoms. The molecule has 0 aliphatic carbocycles. The normalized spacial score (nSPS) is 21.7. The molecule has 2 aromatic rings. The lowest BCUT2D eigenvalue weighted by Gasteiger charge is -2.35. The monoisotopic (exact) mass is 595 g/mol. The fourth-order valence-corrected chi connectivity index (χ4v) is 6.98. The molecule has 3 aliphatic heterocycles. The Kier molecular flexibility index (Phi) is 9.54. The minimum absolute atomic E-state index is 0.0105. The first-order valence-electron chi connectivity index (χ1n) is 15.4. The summed E-state index contributed by atoms with van der Waals surface area (Å²) in [5.74, 6) is -1.52. The molecule has 0 spiro atoms. The van der Waals surface area contributed by atoms with Crippen LogP contribution in [0.4, 0.5) is 10.1 Å². The molecule has 2 amide bonds. The molecule has 43 heavy (non-hydrogen) atoms. The van der Waals surface area contributed by atoms with E-state index in [9.17, 15) is 23.9 Å². The Morgan fingerprint density at radius 1 is 1.09 bits per heavy atom. The Morgan fingerprint density at radius 2 is 1.84 bits per heavy atom. The van der Waals surface area contributed by atoms with Gasteiger partial charge in [-0.25, -0.2) is 4.39 Å². The van der Waals surface area contributed by atoms with Crippen molar-refractivity contribution in [3.63, 3.8) is 0 Å². The number of hydrogen-bond acceptors (Lipinski definition) is 6. The fraction of sp³-hybridized carbons (Fsp3) is 0.545. The van der Waals surface area contributed by atoms with Crippen LogP contribution in [0.1, 0.15) is 69.4 Å². The van der Waals surface area contributed by atoms with E-state index in [4.69, 9.17) is 9.47 Å². The number of ether oxygens (including phenoxy) is 2. The number of carboxylic acids is 1. The molecule has 0 aromatic heterocycles. The van der Waals surface area contributed by atoms with Gasteiger partial charge in [-0.2, -0.15) is 0 Å². The quantitative estimate of drug-likeness (QED) is 0.371. The van der Waals surface area contributed by atoms with Gasteiger partial charge in [0.1, 0.15) is 5.82 Å². The summed E-state index contributed by atoms with van der Waals surface area (Å²) in [6.45, 7) is 7.10. The first-order chi connectivity index (χ1) is 20.7. The molecule has 232 valence electrons. The summed E-state index contributed by atoms with van der Waals surface area (Å²) in [7, 11) is 0. The number of benzene rings is 2. The van der Waals surface area contributed by atoms with Crippen molar-refractivity contribution in [2.75, 3.05) is 37.9 Å². The number of nitrogens with zero attached hydrogens (tertiary/aromatic N) is 3. The summed E-state index contributed by atoms with van der Waals surface area (Å²) in [5.41, 5.74) is 1.90. The Bertz CT molecular complexity index is 1350. The van der Waals surface area contributed by atoms with Crippen molar-refractivity contribution in [1.29, 1.82) is 0 Å². The number of carbonyl (C=O) groups excluding carboxylic acids is 2. The number of carboxylic acid groups (broad SMARTS) is 1. The molecule has 3 atom stereocenters. The van der Waals surface area contributed by atoms with E-state index < -0.39 is 23.8 Å². The number of carbonyl (C=O) groups is 3. The third-order valence-electron chi connectivity index (χ3n) is 9.07. The first-order valence-corrected chi connectivity index (χ1v) is 15.4. The summed E-state index contributed by atoms with van der Waals surface area (Å²) in [4.78, 5) is 45.4. The molecule has 5 rings (SSSR count). The largest absolute Gasteiger partial charge is 0.481 e. The molecule has 2 aromatic carbocycles. The maximum atomic E-state index is 14.3. The number of amides is 2. The third-order valence-corrected chi connectivity index (χ3v) is 9.07. The van der Waals surface area contributed by atoms with Crippen molar-refractivity contribution >= 4 is 23.5 Å². The average Bonchev–Trinajstić information content (AvgIpc) is 3.70. The molecule has 3 aliphatic rings. The van der Waals surface area contributed by atoms with Gasteiger partial charge in [0.15, 0.2) is 11.5 Å². The maximum absolute atomic E-state index is 14.3. The molecule has 0 radical (unpaired) electrons. The second kappa shape index (κ2) is 13.3. The van der Waals surface area contributed by atoms with Gasteiger partial charge >= 0.3 is 5.97 Å². The van der Waals surface area contributed by atoms with Crippen LogP contribution in [0.3, 0.4) is 0 Å². The van der Waals surface area contributed by atoms with E-state index in [2.05, 4.69) is 13.8 Å². The Balaban J connectivity index is 1.49. The molecule has 0 saturated carbocycles. The molecule has 2 saturated heterocycles. The maximum Gasteiger partial charge on any atom is 0.308 e. The van der Waals surface area contributed by atoms with E-state index in [1.54, 1.807) is 34.9 Å².